The number of hydrogen-bond donors (Lipinski definition) is 1. The van der Waals surface area contributed by atoms with E-state index in [9.17, 15) is 4.79 Å². The number of fused-ring (bicyclic) bond motifs is 1. The normalized spacial score (nSPS) is 17.4. The van der Waals surface area contributed by atoms with E-state index in [1.165, 1.54) is 12.7 Å². The third-order valence-electron chi connectivity index (χ3n) is 3.21. The number of rotatable bonds is 2. The maximum atomic E-state index is 11.4. The van der Waals surface area contributed by atoms with E-state index in [4.69, 9.17) is 0 Å². The summed E-state index contributed by atoms with van der Waals surface area (Å²) in [4.78, 5) is 15.5. The van der Waals surface area contributed by atoms with Crippen LogP contribution in [-0.2, 0) is 11.3 Å². The second-order valence-corrected chi connectivity index (χ2v) is 4.42. The van der Waals surface area contributed by atoms with Crippen LogP contribution < -0.4 is 5.32 Å². The number of ether oxygens (including phenoxy) is 1. The quantitative estimate of drug-likeness (QED) is 0.822. The molecule has 0 fully saturated rings. The Morgan fingerprint density at radius 1 is 1.42 bits per heavy atom. The third kappa shape index (κ3) is 2.16. The van der Waals surface area contributed by atoms with Gasteiger partial charge in [-0.3, -0.25) is 0 Å². The van der Waals surface area contributed by atoms with Crippen LogP contribution >= 0.6 is 0 Å². The lowest BCUT2D eigenvalue weighted by atomic mass is 9.98. The molecule has 1 N–H and O–H groups in total. The van der Waals surface area contributed by atoms with Crippen molar-refractivity contribution in [1.29, 1.82) is 0 Å². The molecular weight excluding hydrogens is 244 g/mol. The van der Waals surface area contributed by atoms with E-state index in [0.29, 0.717) is 18.4 Å². The Hall–Kier alpha value is -2.37. The van der Waals surface area contributed by atoms with E-state index < -0.39 is 5.97 Å². The summed E-state index contributed by atoms with van der Waals surface area (Å²) in [7, 11) is 1.32. The number of nitrogens with one attached hydrogen (secondary N) is 1. The van der Waals surface area contributed by atoms with Gasteiger partial charge in [-0.05, 0) is 5.56 Å². The zero-order valence-electron chi connectivity index (χ0n) is 10.5. The predicted octanol–water partition coefficient (Wildman–Crippen LogP) is 1.27. The summed E-state index contributed by atoms with van der Waals surface area (Å²) >= 11 is 0. The molecule has 1 atom stereocenters. The second kappa shape index (κ2) is 4.72. The Balaban J connectivity index is 1.84. The number of hydrogen-bond acceptors (Lipinski definition) is 5. The number of carbonyl (C=O) groups excluding carboxylic acids is 1. The van der Waals surface area contributed by atoms with Crippen LogP contribution in [0.25, 0.3) is 0 Å². The highest BCUT2D eigenvalue weighted by Gasteiger charge is 2.24. The summed E-state index contributed by atoms with van der Waals surface area (Å²) in [5.74, 6) is 0.521. The number of nitrogens with zero attached hydrogens (tertiary/aromatic N) is 3. The van der Waals surface area contributed by atoms with E-state index >= 15 is 0 Å². The minimum Gasteiger partial charge on any atom is -0.463 e. The fourth-order valence-corrected chi connectivity index (χ4v) is 2.21. The molecule has 0 radical (unpaired) electrons. The average molecular weight is 258 g/mol. The lowest BCUT2D eigenvalue weighted by Gasteiger charge is -2.23. The smallest absolute Gasteiger partial charge is 0.378 e. The van der Waals surface area contributed by atoms with Crippen molar-refractivity contribution in [2.45, 2.75) is 12.5 Å². The van der Waals surface area contributed by atoms with Crippen molar-refractivity contribution in [3.63, 3.8) is 0 Å². The fraction of sp³-hybridized carbons (Fsp3) is 0.308. The van der Waals surface area contributed by atoms with Crippen LogP contribution in [0.15, 0.2) is 30.3 Å². The van der Waals surface area contributed by atoms with E-state index in [1.807, 2.05) is 18.2 Å². The van der Waals surface area contributed by atoms with Gasteiger partial charge in [0.2, 0.25) is 5.95 Å². The van der Waals surface area contributed by atoms with Gasteiger partial charge < -0.3 is 10.1 Å². The van der Waals surface area contributed by atoms with Gasteiger partial charge in [0, 0.05) is 12.5 Å². The van der Waals surface area contributed by atoms with Crippen LogP contribution in [0.2, 0.25) is 0 Å². The SMILES string of the molecule is COC(=O)c1nc2n(n1)CC(c1ccccc1)CN2. The van der Waals surface area contributed by atoms with Crippen LogP contribution in [0.3, 0.4) is 0 Å². The number of anilines is 1. The molecule has 98 valence electrons. The van der Waals surface area contributed by atoms with Crippen molar-refractivity contribution in [3.05, 3.63) is 41.7 Å². The topological polar surface area (TPSA) is 69.0 Å². The summed E-state index contributed by atoms with van der Waals surface area (Å²) in [5, 5.41) is 7.36. The molecule has 0 saturated carbocycles. The van der Waals surface area contributed by atoms with E-state index in [-0.39, 0.29) is 5.82 Å². The lowest BCUT2D eigenvalue weighted by molar-refractivity contribution is 0.0586. The summed E-state index contributed by atoms with van der Waals surface area (Å²) < 4.78 is 6.34. The fourth-order valence-electron chi connectivity index (χ4n) is 2.21. The average Bonchev–Trinajstić information content (AvgIpc) is 2.90. The number of esters is 1. The minimum atomic E-state index is -0.514. The highest BCUT2D eigenvalue weighted by molar-refractivity contribution is 5.85. The Bertz CT molecular complexity index is 594. The van der Waals surface area contributed by atoms with Crippen molar-refractivity contribution in [2.24, 2.45) is 0 Å². The molecule has 2 heterocycles. The van der Waals surface area contributed by atoms with Crippen LogP contribution in [0.5, 0.6) is 0 Å². The molecule has 6 nitrogen and oxygen atoms in total. The maximum Gasteiger partial charge on any atom is 0.378 e. The Labute approximate surface area is 110 Å². The molecule has 19 heavy (non-hydrogen) atoms. The Morgan fingerprint density at radius 3 is 2.95 bits per heavy atom. The zero-order valence-corrected chi connectivity index (χ0v) is 10.5. The first-order chi connectivity index (χ1) is 9.28. The first-order valence-electron chi connectivity index (χ1n) is 6.10. The molecule has 1 aromatic heterocycles. The van der Waals surface area contributed by atoms with Crippen molar-refractivity contribution in [2.75, 3.05) is 19.0 Å². The summed E-state index contributed by atoms with van der Waals surface area (Å²) in [6, 6.07) is 10.2. The van der Waals surface area contributed by atoms with Gasteiger partial charge in [0.05, 0.1) is 13.7 Å². The molecule has 2 aromatic rings. The van der Waals surface area contributed by atoms with Gasteiger partial charge in [-0.1, -0.05) is 30.3 Å². The van der Waals surface area contributed by atoms with Gasteiger partial charge in [0.15, 0.2) is 0 Å². The van der Waals surface area contributed by atoms with Gasteiger partial charge in [-0.2, -0.15) is 4.98 Å². The van der Waals surface area contributed by atoms with Crippen molar-refractivity contribution >= 4 is 11.9 Å². The van der Waals surface area contributed by atoms with Crippen LogP contribution in [0.1, 0.15) is 22.1 Å². The highest BCUT2D eigenvalue weighted by Crippen LogP contribution is 2.24. The first-order valence-corrected chi connectivity index (χ1v) is 6.10. The third-order valence-corrected chi connectivity index (χ3v) is 3.21. The molecule has 0 amide bonds. The number of benzene rings is 1. The standard InChI is InChI=1S/C13H14N4O2/c1-19-12(18)11-15-13-14-7-10(8-17(13)16-11)9-5-3-2-4-6-9/h2-6,10H,7-8H2,1H3,(H,14,15,16). The molecule has 3 rings (SSSR count). The van der Waals surface area contributed by atoms with Gasteiger partial charge >= 0.3 is 5.97 Å². The second-order valence-electron chi connectivity index (χ2n) is 4.42. The Morgan fingerprint density at radius 2 is 2.21 bits per heavy atom. The number of methoxy groups -OCH3 is 1. The van der Waals surface area contributed by atoms with Crippen molar-refractivity contribution in [1.82, 2.24) is 14.8 Å². The van der Waals surface area contributed by atoms with Crippen LogP contribution in [-0.4, -0.2) is 34.4 Å². The van der Waals surface area contributed by atoms with E-state index in [2.05, 4.69) is 32.3 Å². The molecule has 1 unspecified atom stereocenters. The maximum absolute atomic E-state index is 11.4. The number of carbonyl (C=O) groups is 1. The van der Waals surface area contributed by atoms with Gasteiger partial charge in [-0.25, -0.2) is 9.48 Å². The highest BCUT2D eigenvalue weighted by atomic mass is 16.5. The molecule has 0 spiro atoms. The molecule has 1 aliphatic rings. The molecule has 0 bridgehead atoms. The lowest BCUT2D eigenvalue weighted by Crippen LogP contribution is -2.26. The number of aromatic nitrogens is 3. The summed E-state index contributed by atoms with van der Waals surface area (Å²) in [5.41, 5.74) is 1.25. The van der Waals surface area contributed by atoms with E-state index in [0.717, 1.165) is 6.54 Å². The monoisotopic (exact) mass is 258 g/mol. The Kier molecular flexibility index (Phi) is 2.91. The van der Waals surface area contributed by atoms with Crippen LogP contribution in [0, 0.1) is 0 Å². The molecule has 0 saturated heterocycles. The summed E-state index contributed by atoms with van der Waals surface area (Å²) in [6.45, 7) is 1.49. The van der Waals surface area contributed by atoms with Gasteiger partial charge in [-0.15, -0.1) is 5.10 Å². The largest absolute Gasteiger partial charge is 0.463 e. The summed E-state index contributed by atoms with van der Waals surface area (Å²) in [6.07, 6.45) is 0. The van der Waals surface area contributed by atoms with Gasteiger partial charge in [0.25, 0.3) is 5.82 Å². The van der Waals surface area contributed by atoms with Crippen molar-refractivity contribution in [3.8, 4) is 0 Å². The molecule has 6 heteroatoms. The molecule has 1 aromatic carbocycles. The predicted molar refractivity (Wildman–Crippen MR) is 69.0 cm³/mol. The zero-order chi connectivity index (χ0) is 13.2. The molecular formula is C13H14N4O2. The van der Waals surface area contributed by atoms with Crippen LogP contribution in [0.4, 0.5) is 5.95 Å². The van der Waals surface area contributed by atoms with Crippen molar-refractivity contribution < 1.29 is 9.53 Å². The van der Waals surface area contributed by atoms with E-state index in [1.54, 1.807) is 4.68 Å². The van der Waals surface area contributed by atoms with Gasteiger partial charge in [0.1, 0.15) is 0 Å². The molecule has 0 aliphatic carbocycles. The molecule has 1 aliphatic heterocycles. The first kappa shape index (κ1) is 11.7. The minimum absolute atomic E-state index is 0.0960.